The standard InChI is InChI=1S/C24H18F3N3O3S/c1-13-19(9-15(10-21(13)27)24(31)29-18-4-5-18)14-2-7-22-16(8-14)12-28-30(22)34(32,33)23-11-17(25)3-6-20(23)26/h2-3,6-12,18H,4-5H2,1H3,(H,29,31). The lowest BCUT2D eigenvalue weighted by Crippen LogP contribution is -2.25. The average molecular weight is 485 g/mol. The third-order valence-electron chi connectivity index (χ3n) is 5.76. The fraction of sp³-hybridized carbons (Fsp3) is 0.167. The zero-order chi connectivity index (χ0) is 24.2. The van der Waals surface area contributed by atoms with Crippen molar-refractivity contribution in [2.45, 2.75) is 30.7 Å². The molecule has 1 saturated carbocycles. The van der Waals surface area contributed by atoms with Crippen LogP contribution in [0, 0.1) is 24.4 Å². The Morgan fingerprint density at radius 1 is 1.03 bits per heavy atom. The third kappa shape index (κ3) is 3.83. The van der Waals surface area contributed by atoms with E-state index in [0.717, 1.165) is 25.0 Å². The van der Waals surface area contributed by atoms with E-state index in [-0.39, 0.29) is 23.0 Å². The topological polar surface area (TPSA) is 81.1 Å². The van der Waals surface area contributed by atoms with E-state index in [2.05, 4.69) is 10.4 Å². The van der Waals surface area contributed by atoms with Crippen molar-refractivity contribution in [3.05, 3.63) is 83.3 Å². The van der Waals surface area contributed by atoms with Crippen molar-refractivity contribution in [3.8, 4) is 11.1 Å². The van der Waals surface area contributed by atoms with E-state index in [1.165, 1.54) is 18.3 Å². The van der Waals surface area contributed by atoms with Gasteiger partial charge in [0.2, 0.25) is 0 Å². The van der Waals surface area contributed by atoms with Crippen LogP contribution in [-0.2, 0) is 10.0 Å². The molecular formula is C24H18F3N3O3S. The number of halogens is 3. The van der Waals surface area contributed by atoms with E-state index in [0.29, 0.717) is 32.2 Å². The first-order valence-electron chi connectivity index (χ1n) is 10.4. The molecule has 1 aliphatic carbocycles. The molecule has 174 valence electrons. The predicted octanol–water partition coefficient (Wildman–Crippen LogP) is 4.56. The summed E-state index contributed by atoms with van der Waals surface area (Å²) in [7, 11) is -4.51. The number of rotatable bonds is 5. The summed E-state index contributed by atoms with van der Waals surface area (Å²) in [5, 5.41) is 7.08. The molecule has 0 aliphatic heterocycles. The van der Waals surface area contributed by atoms with Gasteiger partial charge in [-0.15, -0.1) is 0 Å². The lowest BCUT2D eigenvalue weighted by atomic mass is 9.96. The van der Waals surface area contributed by atoms with Gasteiger partial charge in [-0.05, 0) is 78.9 Å². The highest BCUT2D eigenvalue weighted by Crippen LogP contribution is 2.31. The van der Waals surface area contributed by atoms with E-state index in [9.17, 15) is 26.4 Å². The minimum atomic E-state index is -4.51. The minimum absolute atomic E-state index is 0.118. The van der Waals surface area contributed by atoms with Gasteiger partial charge in [-0.2, -0.15) is 17.6 Å². The normalized spacial score (nSPS) is 13.9. The summed E-state index contributed by atoms with van der Waals surface area (Å²) < 4.78 is 68.9. The van der Waals surface area contributed by atoms with Gasteiger partial charge in [0.05, 0.1) is 11.7 Å². The van der Waals surface area contributed by atoms with Crippen LogP contribution in [0.1, 0.15) is 28.8 Å². The molecule has 0 saturated heterocycles. The monoisotopic (exact) mass is 485 g/mol. The van der Waals surface area contributed by atoms with Crippen molar-refractivity contribution in [1.29, 1.82) is 0 Å². The molecule has 3 aromatic carbocycles. The van der Waals surface area contributed by atoms with Crippen LogP contribution >= 0.6 is 0 Å². The molecular weight excluding hydrogens is 467 g/mol. The second-order valence-electron chi connectivity index (χ2n) is 8.22. The SMILES string of the molecule is Cc1c(F)cc(C(=O)NC2CC2)cc1-c1ccc2c(cnn2S(=O)(=O)c2cc(F)ccc2F)c1. The van der Waals surface area contributed by atoms with Gasteiger partial charge in [0.15, 0.2) is 0 Å². The molecule has 0 unspecified atom stereocenters. The molecule has 0 spiro atoms. The Morgan fingerprint density at radius 2 is 1.79 bits per heavy atom. The van der Waals surface area contributed by atoms with Crippen molar-refractivity contribution in [2.24, 2.45) is 0 Å². The maximum atomic E-state index is 14.6. The number of fused-ring (bicyclic) bond motifs is 1. The number of carbonyl (C=O) groups is 1. The lowest BCUT2D eigenvalue weighted by Gasteiger charge is -2.12. The second-order valence-corrected chi connectivity index (χ2v) is 9.96. The Bertz CT molecular complexity index is 1580. The van der Waals surface area contributed by atoms with Crippen LogP contribution in [0.4, 0.5) is 13.2 Å². The summed E-state index contributed by atoms with van der Waals surface area (Å²) in [5.74, 6) is -2.91. The van der Waals surface area contributed by atoms with Crippen LogP contribution in [0.3, 0.4) is 0 Å². The predicted molar refractivity (Wildman–Crippen MR) is 119 cm³/mol. The van der Waals surface area contributed by atoms with Gasteiger partial charge < -0.3 is 5.32 Å². The number of hydrogen-bond donors (Lipinski definition) is 1. The van der Waals surface area contributed by atoms with Crippen LogP contribution in [0.15, 0.2) is 59.6 Å². The van der Waals surface area contributed by atoms with Gasteiger partial charge in [-0.1, -0.05) is 6.07 Å². The highest BCUT2D eigenvalue weighted by molar-refractivity contribution is 7.90. The van der Waals surface area contributed by atoms with E-state index < -0.39 is 32.4 Å². The van der Waals surface area contributed by atoms with Crippen molar-refractivity contribution in [3.63, 3.8) is 0 Å². The van der Waals surface area contributed by atoms with Crippen molar-refractivity contribution < 1.29 is 26.4 Å². The molecule has 1 N–H and O–H groups in total. The van der Waals surface area contributed by atoms with E-state index in [1.807, 2.05) is 0 Å². The van der Waals surface area contributed by atoms with Crippen molar-refractivity contribution in [1.82, 2.24) is 14.5 Å². The van der Waals surface area contributed by atoms with Gasteiger partial charge in [-0.3, -0.25) is 4.79 Å². The quantitative estimate of drug-likeness (QED) is 0.450. The van der Waals surface area contributed by atoms with Crippen LogP contribution in [0.5, 0.6) is 0 Å². The molecule has 1 aromatic heterocycles. The molecule has 6 nitrogen and oxygen atoms in total. The Labute approximate surface area is 193 Å². The summed E-state index contributed by atoms with van der Waals surface area (Å²) in [6.45, 7) is 1.58. The molecule has 4 aromatic rings. The summed E-state index contributed by atoms with van der Waals surface area (Å²) in [6, 6.07) is 9.64. The number of carbonyl (C=O) groups excluding carboxylic acids is 1. The number of aromatic nitrogens is 2. The Morgan fingerprint density at radius 3 is 2.53 bits per heavy atom. The van der Waals surface area contributed by atoms with Gasteiger partial charge in [0.25, 0.3) is 15.9 Å². The smallest absolute Gasteiger partial charge is 0.286 e. The van der Waals surface area contributed by atoms with E-state index >= 15 is 0 Å². The number of nitrogens with one attached hydrogen (secondary N) is 1. The van der Waals surface area contributed by atoms with Crippen molar-refractivity contribution in [2.75, 3.05) is 0 Å². The van der Waals surface area contributed by atoms with E-state index in [1.54, 1.807) is 25.1 Å². The fourth-order valence-electron chi connectivity index (χ4n) is 3.74. The zero-order valence-corrected chi connectivity index (χ0v) is 18.7. The van der Waals surface area contributed by atoms with Gasteiger partial charge in [0.1, 0.15) is 22.3 Å². The highest BCUT2D eigenvalue weighted by Gasteiger charge is 2.26. The lowest BCUT2D eigenvalue weighted by molar-refractivity contribution is 0.0950. The maximum Gasteiger partial charge on any atom is 0.286 e. The van der Waals surface area contributed by atoms with Crippen molar-refractivity contribution >= 4 is 26.8 Å². The first-order valence-corrected chi connectivity index (χ1v) is 11.9. The Balaban J connectivity index is 1.58. The number of benzene rings is 3. The molecule has 10 heteroatoms. The first kappa shape index (κ1) is 22.1. The maximum absolute atomic E-state index is 14.6. The molecule has 1 amide bonds. The number of hydrogen-bond acceptors (Lipinski definition) is 4. The second kappa shape index (κ2) is 7.98. The molecule has 0 bridgehead atoms. The van der Waals surface area contributed by atoms with Crippen LogP contribution in [-0.4, -0.2) is 29.6 Å². The first-order chi connectivity index (χ1) is 16.1. The number of amides is 1. The minimum Gasteiger partial charge on any atom is -0.349 e. The van der Waals surface area contributed by atoms with Gasteiger partial charge in [-0.25, -0.2) is 13.2 Å². The Hall–Kier alpha value is -3.66. The molecule has 34 heavy (non-hydrogen) atoms. The van der Waals surface area contributed by atoms with Gasteiger partial charge in [0, 0.05) is 17.0 Å². The summed E-state index contributed by atoms with van der Waals surface area (Å²) in [6.07, 6.45) is 3.06. The highest BCUT2D eigenvalue weighted by atomic mass is 32.2. The summed E-state index contributed by atoms with van der Waals surface area (Å²) in [5.41, 5.74) is 1.65. The molecule has 5 rings (SSSR count). The molecule has 1 aliphatic rings. The van der Waals surface area contributed by atoms with E-state index in [4.69, 9.17) is 0 Å². The molecule has 1 heterocycles. The average Bonchev–Trinajstić information content (AvgIpc) is 3.51. The summed E-state index contributed by atoms with van der Waals surface area (Å²) in [4.78, 5) is 11.6. The molecule has 0 radical (unpaired) electrons. The molecule has 1 fully saturated rings. The van der Waals surface area contributed by atoms with Crippen LogP contribution in [0.25, 0.3) is 22.0 Å². The van der Waals surface area contributed by atoms with Crippen LogP contribution in [0.2, 0.25) is 0 Å². The molecule has 0 atom stereocenters. The Kier molecular flexibility index (Phi) is 5.20. The number of nitrogens with zero attached hydrogens (tertiary/aromatic N) is 2. The fourth-order valence-corrected chi connectivity index (χ4v) is 5.10. The largest absolute Gasteiger partial charge is 0.349 e. The zero-order valence-electron chi connectivity index (χ0n) is 17.8. The van der Waals surface area contributed by atoms with Crippen LogP contribution < -0.4 is 5.32 Å². The van der Waals surface area contributed by atoms with Gasteiger partial charge >= 0.3 is 0 Å². The third-order valence-corrected chi connectivity index (χ3v) is 7.38. The summed E-state index contributed by atoms with van der Waals surface area (Å²) >= 11 is 0.